The molecule has 14 aromatic rings. The van der Waals surface area contributed by atoms with Gasteiger partial charge in [-0.05, 0) is 103 Å². The molecule has 0 unspecified atom stereocenters. The molecule has 6 heteroatoms. The van der Waals surface area contributed by atoms with Crippen LogP contribution < -0.4 is 0 Å². The van der Waals surface area contributed by atoms with E-state index in [2.05, 4.69) is 228 Å². The summed E-state index contributed by atoms with van der Waals surface area (Å²) < 4.78 is 0. The van der Waals surface area contributed by atoms with Gasteiger partial charge in [-0.1, -0.05) is 206 Å². The van der Waals surface area contributed by atoms with E-state index in [4.69, 9.17) is 19.9 Å². The standard InChI is InChI=1S/C70H44N6/c1-5-17-57-53(13-1)41-54-14-2-6-18-58(54)67(57)65-43-63(49-31-27-47(28-32-49)61-21-9-11-39-71-61)73-69(75-65)51-35-23-45(24-36-51)46-25-37-52(38-26-46)70-74-64(50-33-29-48(30-34-50)62-22-10-12-40-72-62)44-66(76-70)68-59-19-7-3-15-55(59)42-56-16-4-8-20-60(56)68/h1-44H. The van der Waals surface area contributed by atoms with E-state index in [1.165, 1.54) is 0 Å². The van der Waals surface area contributed by atoms with Gasteiger partial charge in [-0.25, -0.2) is 19.9 Å². The van der Waals surface area contributed by atoms with Crippen LogP contribution in [0.1, 0.15) is 0 Å². The number of fused-ring (bicyclic) bond motifs is 4. The minimum Gasteiger partial charge on any atom is -0.256 e. The Bertz CT molecular complexity index is 4070. The van der Waals surface area contributed by atoms with Crippen molar-refractivity contribution < 1.29 is 0 Å². The molecule has 0 N–H and O–H groups in total. The third-order valence-electron chi connectivity index (χ3n) is 14.4. The van der Waals surface area contributed by atoms with Crippen molar-refractivity contribution in [3.8, 4) is 101 Å². The topological polar surface area (TPSA) is 77.3 Å². The highest BCUT2D eigenvalue weighted by Crippen LogP contribution is 2.41. The van der Waals surface area contributed by atoms with Gasteiger partial charge < -0.3 is 0 Å². The van der Waals surface area contributed by atoms with Crippen molar-refractivity contribution in [1.82, 2.24) is 29.9 Å². The van der Waals surface area contributed by atoms with Gasteiger partial charge in [-0.3, -0.25) is 9.97 Å². The lowest BCUT2D eigenvalue weighted by Crippen LogP contribution is -1.97. The number of nitrogens with zero attached hydrogens (tertiary/aromatic N) is 6. The van der Waals surface area contributed by atoms with E-state index in [-0.39, 0.29) is 0 Å². The molecule has 0 aliphatic carbocycles. The smallest absolute Gasteiger partial charge is 0.160 e. The predicted molar refractivity (Wildman–Crippen MR) is 312 cm³/mol. The lowest BCUT2D eigenvalue weighted by molar-refractivity contribution is 1.19. The summed E-state index contributed by atoms with van der Waals surface area (Å²) in [5, 5.41) is 9.24. The third kappa shape index (κ3) is 8.30. The molecule has 0 aliphatic rings. The number of pyridine rings is 2. The second kappa shape index (κ2) is 19.0. The van der Waals surface area contributed by atoms with Crippen molar-refractivity contribution in [1.29, 1.82) is 0 Å². The Morgan fingerprint density at radius 3 is 0.803 bits per heavy atom. The molecule has 0 amide bonds. The van der Waals surface area contributed by atoms with Crippen molar-refractivity contribution in [3.05, 3.63) is 267 Å². The Morgan fingerprint density at radius 2 is 0.474 bits per heavy atom. The number of rotatable bonds is 9. The van der Waals surface area contributed by atoms with Crippen molar-refractivity contribution in [2.24, 2.45) is 0 Å². The maximum atomic E-state index is 5.38. The van der Waals surface area contributed by atoms with Gasteiger partial charge in [0.25, 0.3) is 0 Å². The number of aromatic nitrogens is 6. The normalized spacial score (nSPS) is 11.4. The van der Waals surface area contributed by atoms with Crippen LogP contribution in [0.4, 0.5) is 0 Å². The minimum absolute atomic E-state index is 0.651. The molecular weight excluding hydrogens is 925 g/mol. The molecule has 10 aromatic carbocycles. The fourth-order valence-corrected chi connectivity index (χ4v) is 10.6. The quantitative estimate of drug-likeness (QED) is 0.134. The first-order valence-electron chi connectivity index (χ1n) is 25.5. The molecule has 76 heavy (non-hydrogen) atoms. The molecule has 0 saturated carbocycles. The Hall–Kier alpha value is -10.3. The van der Waals surface area contributed by atoms with Crippen molar-refractivity contribution >= 4 is 43.1 Å². The zero-order valence-corrected chi connectivity index (χ0v) is 41.1. The van der Waals surface area contributed by atoms with Gasteiger partial charge in [-0.2, -0.15) is 0 Å². The lowest BCUT2D eigenvalue weighted by atomic mass is 9.94. The van der Waals surface area contributed by atoms with Gasteiger partial charge in [0.1, 0.15) is 0 Å². The molecule has 0 saturated heterocycles. The zero-order valence-electron chi connectivity index (χ0n) is 41.1. The molecule has 0 radical (unpaired) electrons. The predicted octanol–water partition coefficient (Wildman–Crippen LogP) is 17.7. The summed E-state index contributed by atoms with van der Waals surface area (Å²) in [7, 11) is 0. The summed E-state index contributed by atoms with van der Waals surface area (Å²) in [5.74, 6) is 1.30. The molecule has 0 spiro atoms. The van der Waals surface area contributed by atoms with E-state index in [0.717, 1.165) is 133 Å². The molecule has 354 valence electrons. The lowest BCUT2D eigenvalue weighted by Gasteiger charge is -2.15. The molecule has 14 rings (SSSR count). The summed E-state index contributed by atoms with van der Waals surface area (Å²) in [6, 6.07) is 89.1. The summed E-state index contributed by atoms with van der Waals surface area (Å²) in [4.78, 5) is 30.5. The van der Waals surface area contributed by atoms with Crippen molar-refractivity contribution in [2.75, 3.05) is 0 Å². The highest BCUT2D eigenvalue weighted by atomic mass is 14.9. The van der Waals surface area contributed by atoms with E-state index in [0.29, 0.717) is 11.6 Å². The highest BCUT2D eigenvalue weighted by Gasteiger charge is 2.19. The second-order valence-electron chi connectivity index (χ2n) is 19.1. The number of benzene rings is 10. The maximum absolute atomic E-state index is 5.38. The Morgan fingerprint density at radius 1 is 0.197 bits per heavy atom. The van der Waals surface area contributed by atoms with Crippen LogP contribution in [-0.4, -0.2) is 29.9 Å². The molecule has 0 fully saturated rings. The Labute approximate surface area is 439 Å². The maximum Gasteiger partial charge on any atom is 0.160 e. The van der Waals surface area contributed by atoms with E-state index < -0.39 is 0 Å². The summed E-state index contributed by atoms with van der Waals surface area (Å²) in [6.45, 7) is 0. The fourth-order valence-electron chi connectivity index (χ4n) is 10.6. The van der Waals surface area contributed by atoms with Crippen LogP contribution in [0, 0.1) is 0 Å². The van der Waals surface area contributed by atoms with Gasteiger partial charge in [0, 0.05) is 56.9 Å². The van der Waals surface area contributed by atoms with Crippen molar-refractivity contribution in [3.63, 3.8) is 0 Å². The van der Waals surface area contributed by atoms with Crippen LogP contribution in [0.5, 0.6) is 0 Å². The van der Waals surface area contributed by atoms with Crippen LogP contribution in [0.15, 0.2) is 267 Å². The van der Waals surface area contributed by atoms with Gasteiger partial charge in [0.15, 0.2) is 11.6 Å². The van der Waals surface area contributed by atoms with Gasteiger partial charge in [0.2, 0.25) is 0 Å². The van der Waals surface area contributed by atoms with E-state index in [1.54, 1.807) is 0 Å². The van der Waals surface area contributed by atoms with E-state index in [1.807, 2.05) is 48.8 Å². The highest BCUT2D eigenvalue weighted by molar-refractivity contribution is 6.13. The first-order chi connectivity index (χ1) is 37.6. The monoisotopic (exact) mass is 968 g/mol. The Balaban J connectivity index is 0.843. The third-order valence-corrected chi connectivity index (χ3v) is 14.4. The Kier molecular flexibility index (Phi) is 11.1. The molecule has 0 aliphatic heterocycles. The van der Waals surface area contributed by atoms with Crippen LogP contribution in [0.3, 0.4) is 0 Å². The van der Waals surface area contributed by atoms with Gasteiger partial charge in [0.05, 0.1) is 34.2 Å². The summed E-state index contributed by atoms with van der Waals surface area (Å²) in [6.07, 6.45) is 3.65. The average molecular weight is 969 g/mol. The molecule has 4 aromatic heterocycles. The largest absolute Gasteiger partial charge is 0.256 e. The van der Waals surface area contributed by atoms with Crippen LogP contribution >= 0.6 is 0 Å². The molecule has 4 heterocycles. The molecule has 0 bridgehead atoms. The first-order valence-corrected chi connectivity index (χ1v) is 25.5. The first kappa shape index (κ1) is 44.4. The van der Waals surface area contributed by atoms with E-state index >= 15 is 0 Å². The van der Waals surface area contributed by atoms with Gasteiger partial charge >= 0.3 is 0 Å². The zero-order chi connectivity index (χ0) is 50.4. The van der Waals surface area contributed by atoms with Crippen LogP contribution in [-0.2, 0) is 0 Å². The molecule has 0 atom stereocenters. The van der Waals surface area contributed by atoms with Crippen LogP contribution in [0.25, 0.3) is 145 Å². The van der Waals surface area contributed by atoms with E-state index in [9.17, 15) is 0 Å². The number of hydrogen-bond acceptors (Lipinski definition) is 6. The number of hydrogen-bond donors (Lipinski definition) is 0. The SMILES string of the molecule is c1ccc(-c2ccc(-c3cc(-c4c5ccccc5cc5ccccc45)nc(-c4ccc(-c5ccc(-c6nc(-c7ccc(-c8ccccn8)cc7)cc(-c7c8ccccc8cc8ccccc78)n6)cc5)cc4)n3)cc2)nc1. The summed E-state index contributed by atoms with van der Waals surface area (Å²) >= 11 is 0. The van der Waals surface area contributed by atoms with Gasteiger partial charge in [-0.15, -0.1) is 0 Å². The fraction of sp³-hybridized carbons (Fsp3) is 0. The average Bonchev–Trinajstić information content (AvgIpc) is 3.50. The molecule has 6 nitrogen and oxygen atoms in total. The second-order valence-corrected chi connectivity index (χ2v) is 19.1. The molecular formula is C70H44N6. The summed E-state index contributed by atoms with van der Waals surface area (Å²) in [5.41, 5.74) is 15.5. The minimum atomic E-state index is 0.651. The van der Waals surface area contributed by atoms with Crippen LogP contribution in [0.2, 0.25) is 0 Å². The van der Waals surface area contributed by atoms with Crippen molar-refractivity contribution in [2.45, 2.75) is 0 Å².